The molecule has 2 aliphatic carbocycles. The highest BCUT2D eigenvalue weighted by atomic mass is 16.6. The van der Waals surface area contributed by atoms with Crippen molar-refractivity contribution in [2.45, 2.75) is 90.3 Å². The van der Waals surface area contributed by atoms with Crippen LogP contribution in [-0.4, -0.2) is 45.1 Å². The Balaban J connectivity index is 1.65. The molecule has 0 aromatic heterocycles. The summed E-state index contributed by atoms with van der Waals surface area (Å²) in [6.45, 7) is 11.4. The van der Waals surface area contributed by atoms with E-state index >= 15 is 0 Å². The maximum Gasteiger partial charge on any atom is 0.331 e. The fourth-order valence-electron chi connectivity index (χ4n) is 6.68. The molecule has 8 atom stereocenters. The van der Waals surface area contributed by atoms with Crippen molar-refractivity contribution in [1.29, 1.82) is 0 Å². The van der Waals surface area contributed by atoms with Gasteiger partial charge in [-0.1, -0.05) is 27.2 Å². The summed E-state index contributed by atoms with van der Waals surface area (Å²) in [5.41, 5.74) is -1.33. The second-order valence-electron chi connectivity index (χ2n) is 10.9. The monoisotopic (exact) mass is 432 g/mol. The molecule has 0 radical (unpaired) electrons. The minimum Gasteiger partial charge on any atom is -0.455 e. The van der Waals surface area contributed by atoms with E-state index in [0.717, 1.165) is 18.4 Å². The van der Waals surface area contributed by atoms with Crippen LogP contribution in [-0.2, 0) is 19.1 Å². The van der Waals surface area contributed by atoms with Crippen LogP contribution in [0.4, 0.5) is 0 Å². The molecule has 0 unspecified atom stereocenters. The quantitative estimate of drug-likeness (QED) is 0.511. The van der Waals surface area contributed by atoms with Gasteiger partial charge in [0.15, 0.2) is 17.2 Å². The number of ether oxygens (including phenoxy) is 2. The largest absolute Gasteiger partial charge is 0.455 e. The number of hydrogen-bond donors (Lipinski definition) is 2. The Labute approximate surface area is 184 Å². The third-order valence-corrected chi connectivity index (χ3v) is 8.28. The Morgan fingerprint density at radius 2 is 1.94 bits per heavy atom. The zero-order valence-electron chi connectivity index (χ0n) is 19.5. The highest BCUT2D eigenvalue weighted by Gasteiger charge is 2.69. The topological polar surface area (TPSA) is 93.1 Å². The molecule has 2 heterocycles. The molecule has 4 aliphatic rings. The van der Waals surface area contributed by atoms with E-state index in [4.69, 9.17) is 9.47 Å². The van der Waals surface area contributed by atoms with Gasteiger partial charge in [0.1, 0.15) is 6.10 Å². The third-order valence-electron chi connectivity index (χ3n) is 8.28. The first-order chi connectivity index (χ1) is 14.3. The van der Waals surface area contributed by atoms with Gasteiger partial charge >= 0.3 is 5.97 Å². The van der Waals surface area contributed by atoms with Crippen LogP contribution in [0.1, 0.15) is 67.2 Å². The minimum absolute atomic E-state index is 0.00756. The molecule has 0 amide bonds. The van der Waals surface area contributed by atoms with Gasteiger partial charge in [-0.15, -0.1) is 0 Å². The van der Waals surface area contributed by atoms with Gasteiger partial charge in [-0.05, 0) is 63.5 Å². The number of carbonyl (C=O) groups excluding carboxylic acids is 2. The Kier molecular flexibility index (Phi) is 5.31. The Morgan fingerprint density at radius 3 is 2.55 bits per heavy atom. The molecule has 0 spiro atoms. The number of rotatable bonds is 5. The molecule has 2 saturated carbocycles. The Hall–Kier alpha value is -1.50. The smallest absolute Gasteiger partial charge is 0.331 e. The first-order valence-electron chi connectivity index (χ1n) is 11.6. The summed E-state index contributed by atoms with van der Waals surface area (Å²) in [6.07, 6.45) is 5.73. The highest BCUT2D eigenvalue weighted by Crippen LogP contribution is 2.62. The lowest BCUT2D eigenvalue weighted by atomic mass is 9.56. The predicted molar refractivity (Wildman–Crippen MR) is 115 cm³/mol. The minimum atomic E-state index is -1.76. The van der Waals surface area contributed by atoms with E-state index in [2.05, 4.69) is 6.92 Å². The molecular formula is C25H36O6. The molecule has 6 nitrogen and oxygen atoms in total. The van der Waals surface area contributed by atoms with Crippen molar-refractivity contribution in [2.75, 3.05) is 0 Å². The van der Waals surface area contributed by atoms with Crippen molar-refractivity contribution in [3.8, 4) is 0 Å². The van der Waals surface area contributed by atoms with Crippen molar-refractivity contribution < 1.29 is 29.3 Å². The van der Waals surface area contributed by atoms with Crippen molar-refractivity contribution >= 4 is 11.8 Å². The van der Waals surface area contributed by atoms with Crippen molar-refractivity contribution in [2.24, 2.45) is 29.6 Å². The van der Waals surface area contributed by atoms with E-state index < -0.39 is 22.9 Å². The predicted octanol–water partition coefficient (Wildman–Crippen LogP) is 3.31. The molecule has 0 saturated heterocycles. The molecule has 2 aliphatic heterocycles. The summed E-state index contributed by atoms with van der Waals surface area (Å²) in [7, 11) is 0. The first kappa shape index (κ1) is 22.7. The number of esters is 1. The number of aliphatic hydroxyl groups is 2. The number of ketones is 1. The number of cyclic esters (lactones) is 1. The van der Waals surface area contributed by atoms with Gasteiger partial charge in [0, 0.05) is 29.4 Å². The van der Waals surface area contributed by atoms with Gasteiger partial charge in [0.2, 0.25) is 0 Å². The fraction of sp³-hybridized carbons (Fsp3) is 0.760. The van der Waals surface area contributed by atoms with Crippen LogP contribution in [0.25, 0.3) is 0 Å². The number of carbonyl (C=O) groups is 2. The molecule has 31 heavy (non-hydrogen) atoms. The summed E-state index contributed by atoms with van der Waals surface area (Å²) in [4.78, 5) is 25.4. The van der Waals surface area contributed by atoms with Gasteiger partial charge in [0.25, 0.3) is 0 Å². The highest BCUT2D eigenvalue weighted by molar-refractivity contribution is 5.93. The van der Waals surface area contributed by atoms with Gasteiger partial charge in [0.05, 0.1) is 5.60 Å². The molecule has 4 rings (SSSR count). The lowest BCUT2D eigenvalue weighted by Gasteiger charge is -2.53. The first-order valence-corrected chi connectivity index (χ1v) is 11.6. The summed E-state index contributed by atoms with van der Waals surface area (Å²) in [5.74, 6) is -2.97. The van der Waals surface area contributed by atoms with Crippen LogP contribution in [0.2, 0.25) is 0 Å². The SMILES string of the molecule is CC1=CC(=O)O[C@@H]1CC[C@@H](C)C(=O)[C@@]1(O)C2=CC(C)(C)O[C@]2(O)[C@H](C)[C@H]2CC[C@@H](C)[C@@H]21. The molecule has 2 N–H and O–H groups in total. The van der Waals surface area contributed by atoms with Crippen LogP contribution in [0.15, 0.2) is 23.3 Å². The van der Waals surface area contributed by atoms with E-state index in [-0.39, 0.29) is 41.5 Å². The van der Waals surface area contributed by atoms with Gasteiger partial charge in [-0.3, -0.25) is 4.79 Å². The third kappa shape index (κ3) is 3.33. The summed E-state index contributed by atoms with van der Waals surface area (Å²) >= 11 is 0. The Morgan fingerprint density at radius 1 is 1.26 bits per heavy atom. The van der Waals surface area contributed by atoms with E-state index in [1.54, 1.807) is 6.08 Å². The zero-order valence-corrected chi connectivity index (χ0v) is 19.5. The molecule has 0 bridgehead atoms. The van der Waals surface area contributed by atoms with Crippen LogP contribution >= 0.6 is 0 Å². The lowest BCUT2D eigenvalue weighted by molar-refractivity contribution is -0.269. The van der Waals surface area contributed by atoms with E-state index in [1.807, 2.05) is 34.6 Å². The maximum absolute atomic E-state index is 13.9. The molecule has 6 heteroatoms. The Bertz CT molecular complexity index is 856. The summed E-state index contributed by atoms with van der Waals surface area (Å²) in [6, 6.07) is 0. The van der Waals surface area contributed by atoms with Gasteiger partial charge in [-0.25, -0.2) is 4.79 Å². The average molecular weight is 433 g/mol. The van der Waals surface area contributed by atoms with Crippen molar-refractivity contribution in [3.63, 3.8) is 0 Å². The second-order valence-corrected chi connectivity index (χ2v) is 10.9. The van der Waals surface area contributed by atoms with Crippen LogP contribution in [0.3, 0.4) is 0 Å². The molecule has 172 valence electrons. The van der Waals surface area contributed by atoms with E-state index in [1.165, 1.54) is 6.08 Å². The molecule has 0 aromatic rings. The van der Waals surface area contributed by atoms with Crippen LogP contribution < -0.4 is 0 Å². The molecule has 2 fully saturated rings. The van der Waals surface area contributed by atoms with E-state index in [0.29, 0.717) is 18.4 Å². The van der Waals surface area contributed by atoms with Gasteiger partial charge < -0.3 is 19.7 Å². The summed E-state index contributed by atoms with van der Waals surface area (Å²) < 4.78 is 11.4. The maximum atomic E-state index is 13.9. The number of Topliss-reactive ketones (excluding diaryl/α,β-unsaturated/α-hetero) is 1. The van der Waals surface area contributed by atoms with Crippen LogP contribution in [0, 0.1) is 29.6 Å². The second kappa shape index (κ2) is 7.26. The van der Waals surface area contributed by atoms with Crippen molar-refractivity contribution in [1.82, 2.24) is 0 Å². The zero-order chi connectivity index (χ0) is 22.9. The normalized spacial score (nSPS) is 44.3. The fourth-order valence-corrected chi connectivity index (χ4v) is 6.68. The van der Waals surface area contributed by atoms with Gasteiger partial charge in [-0.2, -0.15) is 0 Å². The standard InChI is InChI=1S/C25H36O6/c1-13-7-9-17-16(4)25(29)19(12-23(5,6)31-25)24(28,21(13)17)22(27)14(2)8-10-18-15(3)11-20(26)30-18/h11-14,16-18,21,28-29H,7-10H2,1-6H3/t13-,14-,16-,17-,18-,21+,24-,25-/m1/s1. The number of fused-ring (bicyclic) bond motifs is 2. The van der Waals surface area contributed by atoms with E-state index in [9.17, 15) is 19.8 Å². The van der Waals surface area contributed by atoms with Crippen molar-refractivity contribution in [3.05, 3.63) is 23.3 Å². The van der Waals surface area contributed by atoms with Crippen LogP contribution in [0.5, 0.6) is 0 Å². The molecule has 0 aromatic carbocycles. The lowest BCUT2D eigenvalue weighted by Crippen LogP contribution is -2.65. The average Bonchev–Trinajstić information content (AvgIpc) is 3.30. The summed E-state index contributed by atoms with van der Waals surface area (Å²) in [5, 5.41) is 23.8. The molecular weight excluding hydrogens is 396 g/mol. The number of hydrogen-bond acceptors (Lipinski definition) is 6.